The lowest BCUT2D eigenvalue weighted by molar-refractivity contribution is -0.137. The second-order valence-corrected chi connectivity index (χ2v) is 8.58. The molecule has 0 saturated heterocycles. The summed E-state index contributed by atoms with van der Waals surface area (Å²) in [5.41, 5.74) is -2.12. The largest absolute Gasteiger partial charge is 0.481 e. The van der Waals surface area contributed by atoms with E-state index < -0.39 is 59.3 Å². The molecule has 2 aliphatic heterocycles. The Hall–Kier alpha value is -4.19. The zero-order chi connectivity index (χ0) is 26.6. The van der Waals surface area contributed by atoms with Crippen LogP contribution in [0.25, 0.3) is 0 Å². The number of ether oxygens (including phenoxy) is 1. The fourth-order valence-electron chi connectivity index (χ4n) is 4.19. The van der Waals surface area contributed by atoms with Gasteiger partial charge in [-0.15, -0.1) is 0 Å². The summed E-state index contributed by atoms with van der Waals surface area (Å²) in [6.07, 6.45) is -4.91. The minimum Gasteiger partial charge on any atom is -0.481 e. The third-order valence-electron chi connectivity index (χ3n) is 5.75. The van der Waals surface area contributed by atoms with Crippen LogP contribution in [0.3, 0.4) is 0 Å². The Morgan fingerprint density at radius 3 is 2.54 bits per heavy atom. The van der Waals surface area contributed by atoms with Gasteiger partial charge < -0.3 is 20.7 Å². The number of carbonyl (C=O) groups is 3. The van der Waals surface area contributed by atoms with Gasteiger partial charge in [0.1, 0.15) is 17.4 Å². The van der Waals surface area contributed by atoms with Crippen LogP contribution >= 0.6 is 11.6 Å². The molecule has 0 unspecified atom stereocenters. The molecule has 3 amide bonds. The molecule has 0 spiro atoms. The molecule has 13 heteroatoms. The third-order valence-corrected chi connectivity index (χ3v) is 6.09. The third kappa shape index (κ3) is 4.44. The van der Waals surface area contributed by atoms with Crippen LogP contribution in [-0.2, 0) is 11.0 Å². The molecule has 7 nitrogen and oxygen atoms in total. The Balaban J connectivity index is 1.65. The number of hydrogen-bond acceptors (Lipinski definition) is 4. The van der Waals surface area contributed by atoms with E-state index in [1.54, 1.807) is 0 Å². The first-order valence-corrected chi connectivity index (χ1v) is 10.9. The van der Waals surface area contributed by atoms with Crippen molar-refractivity contribution in [3.63, 3.8) is 0 Å². The van der Waals surface area contributed by atoms with Crippen molar-refractivity contribution in [3.8, 4) is 5.75 Å². The summed E-state index contributed by atoms with van der Waals surface area (Å²) in [5.74, 6) is -4.39. The number of nitrogens with one attached hydrogen (secondary N) is 3. The van der Waals surface area contributed by atoms with Gasteiger partial charge in [-0.3, -0.25) is 14.4 Å². The van der Waals surface area contributed by atoms with Gasteiger partial charge in [-0.2, -0.15) is 13.2 Å². The van der Waals surface area contributed by atoms with Crippen molar-refractivity contribution in [2.45, 2.75) is 12.2 Å². The highest BCUT2D eigenvalue weighted by Crippen LogP contribution is 2.47. The zero-order valence-electron chi connectivity index (χ0n) is 18.2. The Morgan fingerprint density at radius 2 is 1.81 bits per heavy atom. The van der Waals surface area contributed by atoms with Crippen LogP contribution in [0.1, 0.15) is 43.4 Å². The van der Waals surface area contributed by atoms with Crippen LogP contribution in [0.15, 0.2) is 42.5 Å². The van der Waals surface area contributed by atoms with E-state index in [0.717, 1.165) is 12.1 Å². The summed E-state index contributed by atoms with van der Waals surface area (Å²) >= 11 is 6.24. The normalized spacial score (nSPS) is 16.3. The van der Waals surface area contributed by atoms with Crippen LogP contribution in [0.4, 0.5) is 33.3 Å². The number of hydrogen-bond donors (Lipinski definition) is 3. The van der Waals surface area contributed by atoms with E-state index >= 15 is 0 Å². The van der Waals surface area contributed by atoms with Crippen molar-refractivity contribution < 1.29 is 41.1 Å². The number of alkyl halides is 3. The number of carbonyl (C=O) groups excluding carboxylic acids is 3. The molecule has 0 radical (unpaired) electrons. The van der Waals surface area contributed by atoms with Crippen LogP contribution < -0.4 is 20.7 Å². The summed E-state index contributed by atoms with van der Waals surface area (Å²) in [4.78, 5) is 37.9. The molecule has 5 rings (SSSR count). The second kappa shape index (κ2) is 8.73. The van der Waals surface area contributed by atoms with E-state index in [0.29, 0.717) is 12.1 Å². The van der Waals surface area contributed by atoms with Crippen LogP contribution in [0, 0.1) is 11.6 Å². The molecule has 0 saturated carbocycles. The van der Waals surface area contributed by atoms with Crippen molar-refractivity contribution in [1.82, 2.24) is 5.32 Å². The van der Waals surface area contributed by atoms with Gasteiger partial charge in [-0.1, -0.05) is 11.6 Å². The van der Waals surface area contributed by atoms with Gasteiger partial charge in [0.2, 0.25) is 0 Å². The molecule has 3 N–H and O–H groups in total. The standard InChI is InChI=1S/C24H13ClF5N3O4/c25-14-2-1-11(26)6-13(14)20-18-15(7-16-21(19(18)23(36)33-20)32-17(34)8-37-16)31-22(35)9-3-10(24(28,29)30)5-12(27)4-9/h1-7,20H,8H2,(H,31,35)(H,32,34)(H,33,36)/t20-/m0/s1. The maximum Gasteiger partial charge on any atom is 0.416 e. The van der Waals surface area contributed by atoms with Crippen molar-refractivity contribution in [1.29, 1.82) is 0 Å². The molecule has 190 valence electrons. The first-order valence-electron chi connectivity index (χ1n) is 10.5. The Bertz CT molecular complexity index is 1510. The Kier molecular flexibility index (Phi) is 5.78. The van der Waals surface area contributed by atoms with E-state index in [1.165, 1.54) is 12.1 Å². The SMILES string of the molecule is O=C1COc2cc(NC(=O)c3cc(F)cc(C(F)(F)F)c3)c3c(c2N1)C(=O)N[C@H]3c1cc(F)ccc1Cl. The highest BCUT2D eigenvalue weighted by Gasteiger charge is 2.40. The molecular weight excluding hydrogens is 525 g/mol. The van der Waals surface area contributed by atoms with E-state index in [-0.39, 0.29) is 44.9 Å². The monoisotopic (exact) mass is 537 g/mol. The van der Waals surface area contributed by atoms with Crippen LogP contribution in [-0.4, -0.2) is 24.3 Å². The van der Waals surface area contributed by atoms with Gasteiger partial charge in [-0.05, 0) is 36.4 Å². The number of fused-ring (bicyclic) bond motifs is 3. The van der Waals surface area contributed by atoms with Crippen molar-refractivity contribution in [3.05, 3.63) is 86.9 Å². The summed E-state index contributed by atoms with van der Waals surface area (Å²) in [6, 6.07) is 4.86. The van der Waals surface area contributed by atoms with Crippen molar-refractivity contribution in [2.75, 3.05) is 17.2 Å². The maximum atomic E-state index is 14.1. The summed E-state index contributed by atoms with van der Waals surface area (Å²) < 4.78 is 72.8. The Labute approximate surface area is 209 Å². The number of amides is 3. The predicted molar refractivity (Wildman–Crippen MR) is 121 cm³/mol. The topological polar surface area (TPSA) is 96.5 Å². The lowest BCUT2D eigenvalue weighted by atomic mass is 9.94. The molecule has 0 fully saturated rings. The van der Waals surface area contributed by atoms with Gasteiger partial charge in [0.25, 0.3) is 17.7 Å². The molecule has 2 aliphatic rings. The van der Waals surface area contributed by atoms with E-state index in [9.17, 15) is 36.3 Å². The average molecular weight is 538 g/mol. The minimum absolute atomic E-state index is 0.00925. The second-order valence-electron chi connectivity index (χ2n) is 8.18. The Morgan fingerprint density at radius 1 is 1.05 bits per heavy atom. The first-order chi connectivity index (χ1) is 17.4. The summed E-state index contributed by atoms with van der Waals surface area (Å²) in [5, 5.41) is 7.57. The van der Waals surface area contributed by atoms with Gasteiger partial charge >= 0.3 is 6.18 Å². The zero-order valence-corrected chi connectivity index (χ0v) is 19.0. The first kappa shape index (κ1) is 24.5. The molecule has 0 bridgehead atoms. The fraction of sp³-hybridized carbons (Fsp3) is 0.125. The molecule has 2 heterocycles. The van der Waals surface area contributed by atoms with E-state index in [1.807, 2.05) is 0 Å². The molecular formula is C24H13ClF5N3O4. The van der Waals surface area contributed by atoms with Crippen LogP contribution in [0.5, 0.6) is 5.75 Å². The molecule has 0 aromatic heterocycles. The smallest absolute Gasteiger partial charge is 0.416 e. The quantitative estimate of drug-likeness (QED) is 0.407. The predicted octanol–water partition coefficient (Wildman–Crippen LogP) is 5.05. The number of halogens is 6. The van der Waals surface area contributed by atoms with Crippen LogP contribution in [0.2, 0.25) is 5.02 Å². The summed E-state index contributed by atoms with van der Waals surface area (Å²) in [7, 11) is 0. The number of rotatable bonds is 3. The molecule has 37 heavy (non-hydrogen) atoms. The summed E-state index contributed by atoms with van der Waals surface area (Å²) in [6.45, 7) is -0.404. The molecule has 0 aliphatic carbocycles. The maximum absolute atomic E-state index is 14.1. The van der Waals surface area contributed by atoms with E-state index in [2.05, 4.69) is 16.0 Å². The lowest BCUT2D eigenvalue weighted by Crippen LogP contribution is -2.27. The number of anilines is 2. The average Bonchev–Trinajstić information content (AvgIpc) is 3.17. The lowest BCUT2D eigenvalue weighted by Gasteiger charge is -2.23. The molecule has 3 aromatic carbocycles. The minimum atomic E-state index is -4.91. The fourth-order valence-corrected chi connectivity index (χ4v) is 4.42. The highest BCUT2D eigenvalue weighted by atomic mass is 35.5. The van der Waals surface area contributed by atoms with Gasteiger partial charge in [0, 0.05) is 27.8 Å². The molecule has 1 atom stereocenters. The van der Waals surface area contributed by atoms with Gasteiger partial charge in [0.05, 0.1) is 28.5 Å². The van der Waals surface area contributed by atoms with Gasteiger partial charge in [0.15, 0.2) is 6.61 Å². The number of benzene rings is 3. The van der Waals surface area contributed by atoms with Crippen molar-refractivity contribution in [2.24, 2.45) is 0 Å². The van der Waals surface area contributed by atoms with Crippen molar-refractivity contribution >= 4 is 40.7 Å². The van der Waals surface area contributed by atoms with E-state index in [4.69, 9.17) is 16.3 Å². The molecule has 3 aromatic rings. The van der Waals surface area contributed by atoms with Gasteiger partial charge in [-0.25, -0.2) is 8.78 Å². The highest BCUT2D eigenvalue weighted by molar-refractivity contribution is 6.31.